The topological polar surface area (TPSA) is 0 Å². The molecule has 0 saturated heterocycles. The van der Waals surface area contributed by atoms with Gasteiger partial charge in [-0.05, 0) is 46.4 Å². The molecule has 1 aliphatic carbocycles. The first-order valence-electron chi connectivity index (χ1n) is 7.63. The monoisotopic (exact) mass is 272 g/mol. The zero-order valence-electron chi connectivity index (χ0n) is 12.4. The zero-order chi connectivity index (χ0) is 14.5. The minimum absolute atomic E-state index is 1.13. The molecule has 0 atom stereocenters. The summed E-state index contributed by atoms with van der Waals surface area (Å²) in [6, 6.07) is 19.2. The van der Waals surface area contributed by atoms with Gasteiger partial charge in [-0.1, -0.05) is 80.1 Å². The van der Waals surface area contributed by atoms with E-state index in [4.69, 9.17) is 0 Å². The molecule has 0 heteroatoms. The number of rotatable bonds is 4. The summed E-state index contributed by atoms with van der Waals surface area (Å²) >= 11 is 0. The highest BCUT2D eigenvalue weighted by Gasteiger charge is 2.16. The quantitative estimate of drug-likeness (QED) is 0.642. The molecule has 0 heterocycles. The molecule has 0 aromatic heterocycles. The maximum atomic E-state index is 2.29. The van der Waals surface area contributed by atoms with Gasteiger partial charge in [0.1, 0.15) is 0 Å². The lowest BCUT2D eigenvalue weighted by atomic mass is 9.99. The van der Waals surface area contributed by atoms with Crippen molar-refractivity contribution in [2.24, 2.45) is 0 Å². The van der Waals surface area contributed by atoms with Gasteiger partial charge in [0, 0.05) is 0 Å². The van der Waals surface area contributed by atoms with E-state index in [1.165, 1.54) is 34.3 Å². The van der Waals surface area contributed by atoms with Gasteiger partial charge in [-0.3, -0.25) is 0 Å². The Kier molecular flexibility index (Phi) is 4.16. The van der Waals surface area contributed by atoms with Gasteiger partial charge < -0.3 is 0 Å². The fraction of sp³-hybridized carbons (Fsp3) is 0.143. The minimum atomic E-state index is 1.13. The summed E-state index contributed by atoms with van der Waals surface area (Å²) in [5.74, 6) is 0. The Bertz CT molecular complexity index is 700. The van der Waals surface area contributed by atoms with Crippen molar-refractivity contribution in [1.82, 2.24) is 0 Å². The Balaban J connectivity index is 2.02. The van der Waals surface area contributed by atoms with Crippen LogP contribution in [-0.2, 0) is 0 Å². The molecule has 0 aliphatic heterocycles. The molecule has 0 fully saturated rings. The Labute approximate surface area is 127 Å². The van der Waals surface area contributed by atoms with Crippen molar-refractivity contribution >= 4 is 17.7 Å². The number of hydrogen-bond donors (Lipinski definition) is 0. The summed E-state index contributed by atoms with van der Waals surface area (Å²) in [7, 11) is 0. The summed E-state index contributed by atoms with van der Waals surface area (Å²) < 4.78 is 0. The summed E-state index contributed by atoms with van der Waals surface area (Å²) in [6.45, 7) is 2.21. The van der Waals surface area contributed by atoms with Crippen molar-refractivity contribution in [3.05, 3.63) is 89.0 Å². The Hall–Kier alpha value is -2.34. The molecule has 0 amide bonds. The minimum Gasteiger partial charge on any atom is -0.0839 e. The molecule has 104 valence electrons. The maximum Gasteiger partial charge on any atom is -0.00994 e. The van der Waals surface area contributed by atoms with Crippen molar-refractivity contribution in [2.75, 3.05) is 0 Å². The third-order valence-electron chi connectivity index (χ3n) is 3.74. The molecule has 2 aromatic rings. The highest BCUT2D eigenvalue weighted by Crippen LogP contribution is 2.37. The number of benzene rings is 2. The van der Waals surface area contributed by atoms with Crippen LogP contribution in [0.25, 0.3) is 17.7 Å². The van der Waals surface area contributed by atoms with Crippen molar-refractivity contribution in [3.63, 3.8) is 0 Å². The second-order valence-corrected chi connectivity index (χ2v) is 5.35. The first kappa shape index (κ1) is 13.6. The molecule has 2 aromatic carbocycles. The maximum absolute atomic E-state index is 2.29. The van der Waals surface area contributed by atoms with E-state index in [0.717, 1.165) is 6.42 Å². The highest BCUT2D eigenvalue weighted by atomic mass is 14.2. The van der Waals surface area contributed by atoms with E-state index in [9.17, 15) is 0 Å². The molecule has 0 N–H and O–H groups in total. The molecule has 0 nitrogen and oxygen atoms in total. The second kappa shape index (κ2) is 6.41. The molecule has 0 saturated carbocycles. The lowest BCUT2D eigenvalue weighted by Crippen LogP contribution is -1.83. The van der Waals surface area contributed by atoms with Gasteiger partial charge in [0.2, 0.25) is 0 Å². The fourth-order valence-electron chi connectivity index (χ4n) is 2.66. The third kappa shape index (κ3) is 3.05. The molecule has 21 heavy (non-hydrogen) atoms. The van der Waals surface area contributed by atoms with Crippen LogP contribution < -0.4 is 0 Å². The average Bonchev–Trinajstić information content (AvgIpc) is 2.87. The van der Waals surface area contributed by atoms with Gasteiger partial charge in [-0.2, -0.15) is 0 Å². The summed E-state index contributed by atoms with van der Waals surface area (Å²) in [6.07, 6.45) is 11.4. The smallest absolute Gasteiger partial charge is 0.00994 e. The normalized spacial score (nSPS) is 15.5. The largest absolute Gasteiger partial charge is 0.0839 e. The van der Waals surface area contributed by atoms with Crippen LogP contribution in [0.15, 0.2) is 72.3 Å². The van der Waals surface area contributed by atoms with Crippen LogP contribution in [0, 0.1) is 0 Å². The van der Waals surface area contributed by atoms with Gasteiger partial charge in [0.25, 0.3) is 0 Å². The van der Waals surface area contributed by atoms with Crippen molar-refractivity contribution < 1.29 is 0 Å². The average molecular weight is 272 g/mol. The standard InChI is InChI=1S/C21H20/c1-2-3-5-12-19-16-18-13-8-9-14-20(18)21(19)15-17-10-6-4-7-11-17/h4-16H,2-3H2,1H3/b12-5+,21-15+. The molecule has 0 spiro atoms. The van der Waals surface area contributed by atoms with E-state index in [-0.39, 0.29) is 0 Å². The van der Waals surface area contributed by atoms with Crippen molar-refractivity contribution in [2.45, 2.75) is 19.8 Å². The summed E-state index contributed by atoms with van der Waals surface area (Å²) in [5.41, 5.74) is 6.53. The van der Waals surface area contributed by atoms with E-state index in [1.807, 2.05) is 0 Å². The number of fused-ring (bicyclic) bond motifs is 1. The zero-order valence-corrected chi connectivity index (χ0v) is 12.4. The van der Waals surface area contributed by atoms with Crippen LogP contribution in [0.5, 0.6) is 0 Å². The molecule has 3 rings (SSSR count). The summed E-state index contributed by atoms with van der Waals surface area (Å²) in [5, 5.41) is 0. The van der Waals surface area contributed by atoms with Crippen molar-refractivity contribution in [3.8, 4) is 0 Å². The second-order valence-electron chi connectivity index (χ2n) is 5.35. The molecule has 0 bridgehead atoms. The van der Waals surface area contributed by atoms with E-state index < -0.39 is 0 Å². The van der Waals surface area contributed by atoms with Gasteiger partial charge >= 0.3 is 0 Å². The van der Waals surface area contributed by atoms with Gasteiger partial charge in [0.05, 0.1) is 0 Å². The Morgan fingerprint density at radius 2 is 1.67 bits per heavy atom. The van der Waals surface area contributed by atoms with Crippen LogP contribution in [0.3, 0.4) is 0 Å². The predicted octanol–water partition coefficient (Wildman–Crippen LogP) is 5.98. The SMILES string of the molecule is CCC/C=C/C1=Cc2ccccc2/C1=C/c1ccccc1. The molecular weight excluding hydrogens is 252 g/mol. The van der Waals surface area contributed by atoms with Gasteiger partial charge in [-0.15, -0.1) is 0 Å². The predicted molar refractivity (Wildman–Crippen MR) is 92.8 cm³/mol. The lowest BCUT2D eigenvalue weighted by Gasteiger charge is -2.05. The lowest BCUT2D eigenvalue weighted by molar-refractivity contribution is 0.958. The number of unbranched alkanes of at least 4 members (excludes halogenated alkanes) is 1. The van der Waals surface area contributed by atoms with Gasteiger partial charge in [-0.25, -0.2) is 0 Å². The van der Waals surface area contributed by atoms with Crippen LogP contribution in [0.2, 0.25) is 0 Å². The molecule has 0 unspecified atom stereocenters. The van der Waals surface area contributed by atoms with Crippen LogP contribution in [-0.4, -0.2) is 0 Å². The molecular formula is C21H20. The number of allylic oxidation sites excluding steroid dienone is 4. The number of hydrogen-bond acceptors (Lipinski definition) is 0. The summed E-state index contributed by atoms with van der Waals surface area (Å²) in [4.78, 5) is 0. The Morgan fingerprint density at radius 3 is 2.48 bits per heavy atom. The molecule has 0 radical (unpaired) electrons. The third-order valence-corrected chi connectivity index (χ3v) is 3.74. The van der Waals surface area contributed by atoms with Crippen LogP contribution in [0.4, 0.5) is 0 Å². The molecule has 1 aliphatic rings. The van der Waals surface area contributed by atoms with E-state index in [0.29, 0.717) is 0 Å². The van der Waals surface area contributed by atoms with E-state index in [1.54, 1.807) is 0 Å². The van der Waals surface area contributed by atoms with Gasteiger partial charge in [0.15, 0.2) is 0 Å². The highest BCUT2D eigenvalue weighted by molar-refractivity contribution is 6.03. The first-order valence-corrected chi connectivity index (χ1v) is 7.63. The van der Waals surface area contributed by atoms with E-state index in [2.05, 4.69) is 85.8 Å². The van der Waals surface area contributed by atoms with E-state index >= 15 is 0 Å². The van der Waals surface area contributed by atoms with Crippen LogP contribution in [0.1, 0.15) is 36.5 Å². The van der Waals surface area contributed by atoms with Crippen molar-refractivity contribution in [1.29, 1.82) is 0 Å². The van der Waals surface area contributed by atoms with Crippen LogP contribution >= 0.6 is 0 Å². The fourth-order valence-corrected chi connectivity index (χ4v) is 2.66. The first-order chi connectivity index (χ1) is 10.4. The Morgan fingerprint density at radius 1 is 0.905 bits per heavy atom.